The summed E-state index contributed by atoms with van der Waals surface area (Å²) in [7, 11) is 0. The van der Waals surface area contributed by atoms with Gasteiger partial charge in [-0.05, 0) is 93.6 Å². The van der Waals surface area contributed by atoms with E-state index in [9.17, 15) is 4.79 Å². The van der Waals surface area contributed by atoms with Gasteiger partial charge in [-0.25, -0.2) is 0 Å². The minimum absolute atomic E-state index is 0.0767. The summed E-state index contributed by atoms with van der Waals surface area (Å²) < 4.78 is 5.97. The Morgan fingerprint density at radius 3 is 2.26 bits per heavy atom. The summed E-state index contributed by atoms with van der Waals surface area (Å²) in [5.74, 6) is 0.804. The lowest BCUT2D eigenvalue weighted by molar-refractivity contribution is 0.102. The smallest absolute Gasteiger partial charge is 0.255 e. The zero-order valence-corrected chi connectivity index (χ0v) is 15.8. The molecule has 0 radical (unpaired) electrons. The molecule has 1 N–H and O–H groups in total. The highest BCUT2D eigenvalue weighted by atomic mass is 16.5. The molecule has 1 heterocycles. The van der Waals surface area contributed by atoms with E-state index in [2.05, 4.69) is 22.3 Å². The zero-order valence-electron chi connectivity index (χ0n) is 15.8. The molecular weight excluding hydrogens is 336 g/mol. The molecule has 2 aromatic rings. The van der Waals surface area contributed by atoms with Crippen molar-refractivity contribution in [3.05, 3.63) is 59.7 Å². The molecule has 0 unspecified atom stereocenters. The summed E-state index contributed by atoms with van der Waals surface area (Å²) in [6.07, 6.45) is 7.75. The SMILES string of the molecule is O=C(Nc1ccc(OC2CCCC2)cc1)c1ccc(CN2CCCC2)cc1. The predicted molar refractivity (Wildman–Crippen MR) is 108 cm³/mol. The number of ether oxygens (including phenoxy) is 1. The number of hydrogen-bond acceptors (Lipinski definition) is 3. The van der Waals surface area contributed by atoms with E-state index in [0.717, 1.165) is 30.8 Å². The number of benzene rings is 2. The maximum Gasteiger partial charge on any atom is 0.255 e. The van der Waals surface area contributed by atoms with Crippen molar-refractivity contribution in [1.82, 2.24) is 4.90 Å². The molecule has 2 aliphatic rings. The summed E-state index contributed by atoms with van der Waals surface area (Å²) in [6, 6.07) is 15.6. The standard InChI is InChI=1S/C23H28N2O2/c26-23(19-9-7-18(8-10-19)17-25-15-3-4-16-25)24-20-11-13-22(14-12-20)27-21-5-1-2-6-21/h7-14,21H,1-6,15-17H2,(H,24,26). The second kappa shape index (κ2) is 8.57. The van der Waals surface area contributed by atoms with Crippen LogP contribution < -0.4 is 10.1 Å². The Bertz CT molecular complexity index is 743. The highest BCUT2D eigenvalue weighted by molar-refractivity contribution is 6.04. The molecule has 2 fully saturated rings. The molecule has 0 aromatic heterocycles. The van der Waals surface area contributed by atoms with E-state index in [-0.39, 0.29) is 5.91 Å². The molecule has 1 saturated carbocycles. The van der Waals surface area contributed by atoms with Gasteiger partial charge in [0.1, 0.15) is 5.75 Å². The first kappa shape index (κ1) is 18.1. The number of nitrogens with zero attached hydrogens (tertiary/aromatic N) is 1. The third-order valence-corrected chi connectivity index (χ3v) is 5.54. The molecule has 4 heteroatoms. The Balaban J connectivity index is 1.31. The van der Waals surface area contributed by atoms with Crippen molar-refractivity contribution in [3.63, 3.8) is 0 Å². The number of hydrogen-bond donors (Lipinski definition) is 1. The maximum atomic E-state index is 12.5. The lowest BCUT2D eigenvalue weighted by Crippen LogP contribution is -2.18. The minimum Gasteiger partial charge on any atom is -0.490 e. The first-order valence-electron chi connectivity index (χ1n) is 10.2. The second-order valence-corrected chi connectivity index (χ2v) is 7.68. The summed E-state index contributed by atoms with van der Waals surface area (Å²) in [6.45, 7) is 3.34. The van der Waals surface area contributed by atoms with E-state index in [1.165, 1.54) is 44.3 Å². The van der Waals surface area contributed by atoms with Crippen molar-refractivity contribution in [3.8, 4) is 5.75 Å². The number of carbonyl (C=O) groups is 1. The Hall–Kier alpha value is -2.33. The van der Waals surface area contributed by atoms with Gasteiger partial charge in [-0.2, -0.15) is 0 Å². The van der Waals surface area contributed by atoms with Crippen LogP contribution in [0.5, 0.6) is 5.75 Å². The van der Waals surface area contributed by atoms with E-state index in [1.807, 2.05) is 36.4 Å². The number of rotatable bonds is 6. The summed E-state index contributed by atoms with van der Waals surface area (Å²) in [5.41, 5.74) is 2.74. The molecule has 2 aromatic carbocycles. The summed E-state index contributed by atoms with van der Waals surface area (Å²) in [5, 5.41) is 2.97. The Kier molecular flexibility index (Phi) is 5.73. The third kappa shape index (κ3) is 4.89. The number of carbonyl (C=O) groups excluding carboxylic acids is 1. The van der Waals surface area contributed by atoms with Gasteiger partial charge in [0, 0.05) is 17.8 Å². The quantitative estimate of drug-likeness (QED) is 0.796. The Morgan fingerprint density at radius 1 is 0.926 bits per heavy atom. The topological polar surface area (TPSA) is 41.6 Å². The Morgan fingerprint density at radius 2 is 1.59 bits per heavy atom. The van der Waals surface area contributed by atoms with Crippen molar-refractivity contribution >= 4 is 11.6 Å². The van der Waals surface area contributed by atoms with Crippen LogP contribution in [0.3, 0.4) is 0 Å². The van der Waals surface area contributed by atoms with E-state index < -0.39 is 0 Å². The van der Waals surface area contributed by atoms with Gasteiger partial charge in [0.2, 0.25) is 0 Å². The molecule has 0 bridgehead atoms. The highest BCUT2D eigenvalue weighted by Gasteiger charge is 2.16. The lowest BCUT2D eigenvalue weighted by atomic mass is 10.1. The molecular formula is C23H28N2O2. The first-order valence-corrected chi connectivity index (χ1v) is 10.2. The number of nitrogens with one attached hydrogen (secondary N) is 1. The highest BCUT2D eigenvalue weighted by Crippen LogP contribution is 2.25. The van der Waals surface area contributed by atoms with Gasteiger partial charge in [0.05, 0.1) is 6.10 Å². The maximum absolute atomic E-state index is 12.5. The first-order chi connectivity index (χ1) is 13.3. The van der Waals surface area contributed by atoms with Crippen LogP contribution in [0.4, 0.5) is 5.69 Å². The number of likely N-dealkylation sites (tertiary alicyclic amines) is 1. The molecule has 4 nitrogen and oxygen atoms in total. The van der Waals surface area contributed by atoms with Crippen LogP contribution in [-0.4, -0.2) is 30.0 Å². The lowest BCUT2D eigenvalue weighted by Gasteiger charge is -2.15. The van der Waals surface area contributed by atoms with Crippen molar-refractivity contribution in [2.24, 2.45) is 0 Å². The second-order valence-electron chi connectivity index (χ2n) is 7.68. The van der Waals surface area contributed by atoms with Crippen molar-refractivity contribution in [2.45, 2.75) is 51.2 Å². The fourth-order valence-electron chi connectivity index (χ4n) is 3.98. The van der Waals surface area contributed by atoms with Gasteiger partial charge in [-0.3, -0.25) is 9.69 Å². The van der Waals surface area contributed by atoms with Crippen molar-refractivity contribution < 1.29 is 9.53 Å². The van der Waals surface area contributed by atoms with Crippen LogP contribution in [0.15, 0.2) is 48.5 Å². The van der Waals surface area contributed by atoms with Crippen molar-refractivity contribution in [2.75, 3.05) is 18.4 Å². The largest absolute Gasteiger partial charge is 0.490 e. The van der Waals surface area contributed by atoms with Gasteiger partial charge in [-0.1, -0.05) is 12.1 Å². The van der Waals surface area contributed by atoms with Gasteiger partial charge < -0.3 is 10.1 Å². The fourth-order valence-corrected chi connectivity index (χ4v) is 3.98. The average molecular weight is 364 g/mol. The monoisotopic (exact) mass is 364 g/mol. The molecule has 1 saturated heterocycles. The van der Waals surface area contributed by atoms with Crippen LogP contribution in [0.2, 0.25) is 0 Å². The van der Waals surface area contributed by atoms with Crippen LogP contribution >= 0.6 is 0 Å². The minimum atomic E-state index is -0.0767. The molecule has 27 heavy (non-hydrogen) atoms. The normalized spacial score (nSPS) is 17.9. The van der Waals surface area contributed by atoms with Crippen LogP contribution in [-0.2, 0) is 6.54 Å². The van der Waals surface area contributed by atoms with Crippen LogP contribution in [0.1, 0.15) is 54.4 Å². The van der Waals surface area contributed by atoms with Gasteiger partial charge in [0.25, 0.3) is 5.91 Å². The molecule has 1 amide bonds. The van der Waals surface area contributed by atoms with E-state index in [0.29, 0.717) is 11.7 Å². The zero-order chi connectivity index (χ0) is 18.5. The van der Waals surface area contributed by atoms with Gasteiger partial charge >= 0.3 is 0 Å². The van der Waals surface area contributed by atoms with Gasteiger partial charge in [-0.15, -0.1) is 0 Å². The molecule has 0 atom stereocenters. The van der Waals surface area contributed by atoms with Crippen LogP contribution in [0, 0.1) is 0 Å². The summed E-state index contributed by atoms with van der Waals surface area (Å²) in [4.78, 5) is 14.9. The van der Waals surface area contributed by atoms with Gasteiger partial charge in [0.15, 0.2) is 0 Å². The van der Waals surface area contributed by atoms with E-state index >= 15 is 0 Å². The molecule has 0 spiro atoms. The average Bonchev–Trinajstić information content (AvgIpc) is 3.38. The van der Waals surface area contributed by atoms with Crippen molar-refractivity contribution in [1.29, 1.82) is 0 Å². The fraction of sp³-hybridized carbons (Fsp3) is 0.435. The number of anilines is 1. The van der Waals surface area contributed by atoms with E-state index in [1.54, 1.807) is 0 Å². The number of amides is 1. The third-order valence-electron chi connectivity index (χ3n) is 5.54. The molecule has 4 rings (SSSR count). The predicted octanol–water partition coefficient (Wildman–Crippen LogP) is 4.86. The Labute approximate surface area is 161 Å². The van der Waals surface area contributed by atoms with Crippen LogP contribution in [0.25, 0.3) is 0 Å². The molecule has 142 valence electrons. The summed E-state index contributed by atoms with van der Waals surface area (Å²) >= 11 is 0. The van der Waals surface area contributed by atoms with E-state index in [4.69, 9.17) is 4.74 Å². The molecule has 1 aliphatic heterocycles. The molecule has 1 aliphatic carbocycles.